The smallest absolute Gasteiger partial charge is 0.0449 e. The first kappa shape index (κ1) is 47.6. The van der Waals surface area contributed by atoms with Crippen molar-refractivity contribution in [3.8, 4) is 11.1 Å². The summed E-state index contributed by atoms with van der Waals surface area (Å²) < 4.78 is 2.73. The summed E-state index contributed by atoms with van der Waals surface area (Å²) in [5, 5.41) is 10.9. The first-order valence-electron chi connectivity index (χ1n) is 23.7. The van der Waals surface area contributed by atoms with Gasteiger partial charge in [0.05, 0.1) is 0 Å². The summed E-state index contributed by atoms with van der Waals surface area (Å²) in [6.07, 6.45) is 6.47. The van der Waals surface area contributed by atoms with E-state index < -0.39 is 0 Å². The van der Waals surface area contributed by atoms with Gasteiger partial charge in [0.25, 0.3) is 0 Å². The SMILES string of the molecule is C=C(N)c1ccc(-c2ccccc2C2CCC2)c(C)c1.CC.CCC.CCC(C)CN(C)c1cccc2c3cc4c(cc3c3ccccc3c12)sc1ccccc14.Cc1ccccc1. The van der Waals surface area contributed by atoms with Crippen LogP contribution >= 0.6 is 11.3 Å². The van der Waals surface area contributed by atoms with Crippen LogP contribution in [0.15, 0.2) is 158 Å². The summed E-state index contributed by atoms with van der Waals surface area (Å²) >= 11 is 1.90. The summed E-state index contributed by atoms with van der Waals surface area (Å²) in [6.45, 7) is 22.0. The Labute approximate surface area is 388 Å². The van der Waals surface area contributed by atoms with Gasteiger partial charge in [-0.2, -0.15) is 0 Å². The maximum atomic E-state index is 5.79. The lowest BCUT2D eigenvalue weighted by Gasteiger charge is -2.28. The predicted molar refractivity (Wildman–Crippen MR) is 289 cm³/mol. The summed E-state index contributed by atoms with van der Waals surface area (Å²) in [5.74, 6) is 1.41. The molecule has 1 saturated carbocycles. The van der Waals surface area contributed by atoms with E-state index >= 15 is 0 Å². The Hall–Kier alpha value is -5.90. The average Bonchev–Trinajstić information content (AvgIpc) is 3.67. The molecule has 0 radical (unpaired) electrons. The van der Waals surface area contributed by atoms with E-state index in [0.717, 1.165) is 18.0 Å². The lowest BCUT2D eigenvalue weighted by molar-refractivity contribution is 0.420. The Morgan fingerprint density at radius 3 is 1.86 bits per heavy atom. The van der Waals surface area contributed by atoms with Gasteiger partial charge in [0.1, 0.15) is 0 Å². The van der Waals surface area contributed by atoms with Gasteiger partial charge in [0.2, 0.25) is 0 Å². The number of nitrogens with two attached hydrogens (primary N) is 1. The molecule has 0 spiro atoms. The zero-order valence-corrected chi connectivity index (χ0v) is 40.8. The van der Waals surface area contributed by atoms with Crippen LogP contribution in [-0.4, -0.2) is 13.6 Å². The second kappa shape index (κ2) is 22.6. The Morgan fingerprint density at radius 2 is 1.23 bits per heavy atom. The molecule has 1 aliphatic rings. The second-order valence-electron chi connectivity index (χ2n) is 17.3. The van der Waals surface area contributed by atoms with Gasteiger partial charge in [-0.15, -0.1) is 11.3 Å². The molecule has 330 valence electrons. The van der Waals surface area contributed by atoms with E-state index in [-0.39, 0.29) is 0 Å². The minimum absolute atomic E-state index is 0.631. The molecule has 9 aromatic rings. The largest absolute Gasteiger partial charge is 0.399 e. The van der Waals surface area contributed by atoms with Gasteiger partial charge in [0.15, 0.2) is 0 Å². The van der Waals surface area contributed by atoms with Crippen molar-refractivity contribution in [3.63, 3.8) is 0 Å². The van der Waals surface area contributed by atoms with Crippen LogP contribution in [-0.2, 0) is 0 Å². The summed E-state index contributed by atoms with van der Waals surface area (Å²) in [6, 6.07) is 54.9. The Bertz CT molecular complexity index is 2930. The Kier molecular flexibility index (Phi) is 16.8. The fourth-order valence-corrected chi connectivity index (χ4v) is 9.86. The normalized spacial score (nSPS) is 12.5. The standard InChI is InChI=1S/C30H27NS.C19H21N.C7H8.C3H8.C2H6/c1-4-19(2)18-31(3)27-14-9-13-23-24-16-26-21-11-7-8-15-28(21)32-29(26)17-25(24)20-10-5-6-12-22(20)30(23)27;1-13-12-16(14(2)20)10-11-17(13)19-9-4-3-8-18(19)15-6-5-7-15;1-7-5-3-2-4-6-7;1-3-2;1-2/h5-17,19H,4,18H2,1-3H3;3-4,8-12,15H,2,5-7,20H2,1H3;2-6H,1H3;3H2,1-2H3;1-2H3. The van der Waals surface area contributed by atoms with Gasteiger partial charge in [-0.1, -0.05) is 194 Å². The van der Waals surface area contributed by atoms with Crippen LogP contribution in [0.1, 0.15) is 102 Å². The molecule has 0 bridgehead atoms. The van der Waals surface area contributed by atoms with Crippen molar-refractivity contribution in [3.05, 3.63) is 180 Å². The fourth-order valence-electron chi connectivity index (χ4n) is 8.73. The molecule has 0 saturated heterocycles. The molecule has 2 N–H and O–H groups in total. The number of aryl methyl sites for hydroxylation is 2. The molecule has 3 heteroatoms. The molecule has 10 rings (SSSR count). The minimum Gasteiger partial charge on any atom is -0.399 e. The lowest BCUT2D eigenvalue weighted by atomic mass is 9.77. The second-order valence-corrected chi connectivity index (χ2v) is 18.3. The van der Waals surface area contributed by atoms with Crippen molar-refractivity contribution in [1.29, 1.82) is 0 Å². The highest BCUT2D eigenvalue weighted by molar-refractivity contribution is 7.25. The van der Waals surface area contributed by atoms with Crippen LogP contribution in [0.25, 0.3) is 69.3 Å². The fraction of sp³-hybridized carbons (Fsp3) is 0.279. The summed E-state index contributed by atoms with van der Waals surface area (Å²) in [7, 11) is 2.25. The van der Waals surface area contributed by atoms with E-state index in [1.54, 1.807) is 0 Å². The monoisotopic (exact) mass is 863 g/mol. The molecule has 1 aliphatic carbocycles. The van der Waals surface area contributed by atoms with Gasteiger partial charge in [-0.25, -0.2) is 0 Å². The highest BCUT2D eigenvalue weighted by Gasteiger charge is 2.23. The number of hydrogen-bond acceptors (Lipinski definition) is 3. The van der Waals surface area contributed by atoms with Crippen LogP contribution in [0.5, 0.6) is 0 Å². The van der Waals surface area contributed by atoms with E-state index in [1.807, 2.05) is 43.4 Å². The van der Waals surface area contributed by atoms with Gasteiger partial charge in [-0.3, -0.25) is 0 Å². The number of anilines is 1. The highest BCUT2D eigenvalue weighted by atomic mass is 32.1. The average molecular weight is 863 g/mol. The number of rotatable bonds is 7. The number of benzene rings is 8. The summed E-state index contributed by atoms with van der Waals surface area (Å²) in [4.78, 5) is 2.45. The molecule has 1 aromatic heterocycles. The molecular weight excluding hydrogens is 793 g/mol. The molecule has 0 aliphatic heterocycles. The zero-order valence-electron chi connectivity index (χ0n) is 40.0. The molecule has 2 nitrogen and oxygen atoms in total. The van der Waals surface area contributed by atoms with E-state index in [4.69, 9.17) is 5.73 Å². The first-order valence-corrected chi connectivity index (χ1v) is 24.5. The quantitative estimate of drug-likeness (QED) is 0.162. The number of thiophene rings is 1. The number of fused-ring (bicyclic) bond motifs is 9. The van der Waals surface area contributed by atoms with Gasteiger partial charge >= 0.3 is 0 Å². The van der Waals surface area contributed by atoms with Crippen LogP contribution in [0.2, 0.25) is 0 Å². The number of hydrogen-bond donors (Lipinski definition) is 1. The van der Waals surface area contributed by atoms with Crippen molar-refractivity contribution in [1.82, 2.24) is 0 Å². The minimum atomic E-state index is 0.631. The van der Waals surface area contributed by atoms with Crippen LogP contribution in [0, 0.1) is 19.8 Å². The summed E-state index contributed by atoms with van der Waals surface area (Å²) in [5.41, 5.74) is 15.6. The van der Waals surface area contributed by atoms with E-state index in [2.05, 4.69) is 194 Å². The molecule has 8 aromatic carbocycles. The Morgan fingerprint density at radius 1 is 0.641 bits per heavy atom. The van der Waals surface area contributed by atoms with Crippen molar-refractivity contribution < 1.29 is 0 Å². The van der Waals surface area contributed by atoms with Gasteiger partial charge in [-0.05, 0) is 124 Å². The third-order valence-electron chi connectivity index (χ3n) is 12.4. The van der Waals surface area contributed by atoms with Crippen LogP contribution in [0.4, 0.5) is 5.69 Å². The van der Waals surface area contributed by atoms with Crippen LogP contribution < -0.4 is 10.6 Å². The molecule has 1 heterocycles. The van der Waals surface area contributed by atoms with E-state index in [1.165, 1.54) is 118 Å². The third kappa shape index (κ3) is 10.7. The predicted octanol–water partition coefficient (Wildman–Crippen LogP) is 18.3. The van der Waals surface area contributed by atoms with Crippen molar-refractivity contribution in [2.24, 2.45) is 11.7 Å². The number of nitrogens with zero attached hydrogens (tertiary/aromatic N) is 1. The topological polar surface area (TPSA) is 29.3 Å². The zero-order chi connectivity index (χ0) is 45.8. The lowest BCUT2D eigenvalue weighted by Crippen LogP contribution is -2.23. The molecule has 0 amide bonds. The first-order chi connectivity index (χ1) is 31.1. The maximum Gasteiger partial charge on any atom is 0.0449 e. The molecule has 1 unspecified atom stereocenters. The molecule has 64 heavy (non-hydrogen) atoms. The molecule has 1 atom stereocenters. The Balaban J connectivity index is 0.000000180. The van der Waals surface area contributed by atoms with Crippen molar-refractivity contribution in [2.45, 2.75) is 93.4 Å². The molecular formula is C61H70N2S. The van der Waals surface area contributed by atoms with E-state index in [0.29, 0.717) is 11.6 Å². The van der Waals surface area contributed by atoms with Crippen LogP contribution in [0.3, 0.4) is 0 Å². The molecule has 1 fully saturated rings. The van der Waals surface area contributed by atoms with Crippen molar-refractivity contribution >= 4 is 75.2 Å². The van der Waals surface area contributed by atoms with Crippen molar-refractivity contribution in [2.75, 3.05) is 18.5 Å². The van der Waals surface area contributed by atoms with Gasteiger partial charge in [0, 0.05) is 50.5 Å². The third-order valence-corrected chi connectivity index (χ3v) is 13.5. The van der Waals surface area contributed by atoms with Gasteiger partial charge < -0.3 is 10.6 Å². The highest BCUT2D eigenvalue weighted by Crippen LogP contribution is 2.45. The maximum absolute atomic E-state index is 5.79. The van der Waals surface area contributed by atoms with E-state index in [9.17, 15) is 0 Å².